The molecular formula is C27H29F7N4O3. The third kappa shape index (κ3) is 8.67. The number of aliphatic imine (C=N–C) groups is 1. The zero-order valence-electron chi connectivity index (χ0n) is 22.0. The number of nitrogens with zero attached hydrogens (tertiary/aromatic N) is 3. The number of piperidine rings is 1. The van der Waals surface area contributed by atoms with Crippen molar-refractivity contribution in [2.75, 3.05) is 38.1 Å². The van der Waals surface area contributed by atoms with Crippen molar-refractivity contribution in [3.05, 3.63) is 65.1 Å². The first-order valence-corrected chi connectivity index (χ1v) is 12.6. The first-order valence-electron chi connectivity index (χ1n) is 12.6. The van der Waals surface area contributed by atoms with Gasteiger partial charge in [-0.3, -0.25) is 9.89 Å². The fourth-order valence-electron chi connectivity index (χ4n) is 4.23. The molecule has 1 unspecified atom stereocenters. The average Bonchev–Trinajstić information content (AvgIpc) is 2.90. The van der Waals surface area contributed by atoms with Crippen molar-refractivity contribution < 1.29 is 45.4 Å². The molecule has 14 heteroatoms. The van der Waals surface area contributed by atoms with Crippen molar-refractivity contribution in [2.45, 2.75) is 37.7 Å². The van der Waals surface area contributed by atoms with Crippen LogP contribution in [-0.4, -0.2) is 61.6 Å². The van der Waals surface area contributed by atoms with Gasteiger partial charge in [-0.1, -0.05) is 6.42 Å². The van der Waals surface area contributed by atoms with Crippen molar-refractivity contribution in [2.24, 2.45) is 10.7 Å². The Balaban J connectivity index is 1.98. The van der Waals surface area contributed by atoms with Gasteiger partial charge in [-0.2, -0.15) is 26.3 Å². The van der Waals surface area contributed by atoms with Crippen LogP contribution in [0, 0.1) is 5.82 Å². The first kappa shape index (κ1) is 31.9. The van der Waals surface area contributed by atoms with Crippen molar-refractivity contribution >= 4 is 23.6 Å². The van der Waals surface area contributed by atoms with E-state index in [1.807, 2.05) is 4.90 Å². The minimum atomic E-state index is -5.37. The van der Waals surface area contributed by atoms with Gasteiger partial charge in [0.25, 0.3) is 0 Å². The van der Waals surface area contributed by atoms with Gasteiger partial charge in [0.05, 0.1) is 23.8 Å². The van der Waals surface area contributed by atoms with Gasteiger partial charge in [0.1, 0.15) is 5.82 Å². The molecule has 3 N–H and O–H groups in total. The van der Waals surface area contributed by atoms with Crippen LogP contribution in [0.2, 0.25) is 0 Å². The molecule has 3 rings (SSSR count). The second-order valence-corrected chi connectivity index (χ2v) is 9.43. The van der Waals surface area contributed by atoms with Crippen LogP contribution in [0.5, 0.6) is 5.75 Å². The van der Waals surface area contributed by atoms with E-state index in [0.717, 1.165) is 81.0 Å². The van der Waals surface area contributed by atoms with E-state index in [4.69, 9.17) is 10.5 Å². The number of nitrogens with two attached hydrogens (primary N) is 1. The number of halogens is 7. The smallest absolute Gasteiger partial charge is 0.409 e. The van der Waals surface area contributed by atoms with Crippen LogP contribution in [0.4, 0.5) is 41.2 Å². The summed E-state index contributed by atoms with van der Waals surface area (Å²) >= 11 is 0. The fraction of sp³-hybridized carbons (Fsp3) is 0.407. The lowest BCUT2D eigenvalue weighted by atomic mass is 9.98. The lowest BCUT2D eigenvalue weighted by Crippen LogP contribution is -2.37. The summed E-state index contributed by atoms with van der Waals surface area (Å²) in [5.74, 6) is -1.88. The molecule has 0 aliphatic carbocycles. The highest BCUT2D eigenvalue weighted by Crippen LogP contribution is 2.44. The number of allylic oxidation sites excluding steroid dienone is 1. The zero-order chi connectivity index (χ0) is 30.4. The number of benzene rings is 2. The number of aliphatic hydroxyl groups excluding tert-OH is 1. The molecule has 1 amide bonds. The van der Waals surface area contributed by atoms with Crippen LogP contribution in [0.25, 0.3) is 5.57 Å². The maximum absolute atomic E-state index is 14.0. The predicted molar refractivity (Wildman–Crippen MR) is 139 cm³/mol. The lowest BCUT2D eigenvalue weighted by molar-refractivity contribution is -0.143. The summed E-state index contributed by atoms with van der Waals surface area (Å²) in [7, 11) is 1.12. The highest BCUT2D eigenvalue weighted by molar-refractivity contribution is 6.11. The molecule has 1 aliphatic heterocycles. The Morgan fingerprint density at radius 2 is 1.73 bits per heavy atom. The number of carbonyl (C=O) groups excluding carboxylic acids is 1. The maximum atomic E-state index is 14.0. The first-order chi connectivity index (χ1) is 19.2. The summed E-state index contributed by atoms with van der Waals surface area (Å²) in [5, 5.41) is 10.3. The predicted octanol–water partition coefficient (Wildman–Crippen LogP) is 5.72. The third-order valence-corrected chi connectivity index (χ3v) is 6.35. The van der Waals surface area contributed by atoms with Gasteiger partial charge in [-0.05, 0) is 62.3 Å². The number of alkyl halides is 6. The van der Waals surface area contributed by atoms with Crippen LogP contribution in [0.1, 0.15) is 36.0 Å². The molecule has 1 atom stereocenters. The van der Waals surface area contributed by atoms with Gasteiger partial charge in [0.15, 0.2) is 5.75 Å². The van der Waals surface area contributed by atoms with Gasteiger partial charge in [-0.25, -0.2) is 9.18 Å². The standard InChI is InChI=1S/C27H29F7N4O3/c1-37(20-7-5-19(28)6-8-20)25(40)41-24-22(11-18(26(29,30)31)12-23(24)27(32,33)34)17(13-35)14-36-15-21(39)16-38-9-3-2-4-10-38/h5-8,11-14,21,39H,2-4,9-10,15-16,35H2,1H3. The van der Waals surface area contributed by atoms with Crippen molar-refractivity contribution in [3.63, 3.8) is 0 Å². The number of ether oxygens (including phenoxy) is 1. The Morgan fingerprint density at radius 1 is 1.10 bits per heavy atom. The molecule has 0 spiro atoms. The number of anilines is 1. The van der Waals surface area contributed by atoms with Crippen LogP contribution < -0.4 is 15.4 Å². The molecule has 0 bridgehead atoms. The lowest BCUT2D eigenvalue weighted by Gasteiger charge is -2.27. The quantitative estimate of drug-likeness (QED) is 0.304. The number of carbonyl (C=O) groups is 1. The van der Waals surface area contributed by atoms with Gasteiger partial charge < -0.3 is 20.5 Å². The third-order valence-electron chi connectivity index (χ3n) is 6.35. The van der Waals surface area contributed by atoms with Crippen LogP contribution in [-0.2, 0) is 12.4 Å². The minimum absolute atomic E-state index is 0.0391. The number of hydrogen-bond donors (Lipinski definition) is 2. The van der Waals surface area contributed by atoms with E-state index >= 15 is 0 Å². The number of hydrogen-bond acceptors (Lipinski definition) is 6. The summed E-state index contributed by atoms with van der Waals surface area (Å²) in [5.41, 5.74) is 0.865. The second-order valence-electron chi connectivity index (χ2n) is 9.43. The van der Waals surface area contributed by atoms with E-state index < -0.39 is 58.4 Å². The van der Waals surface area contributed by atoms with Gasteiger partial charge in [-0.15, -0.1) is 0 Å². The molecule has 1 aliphatic rings. The topological polar surface area (TPSA) is 91.4 Å². The van der Waals surface area contributed by atoms with Gasteiger partial charge in [0.2, 0.25) is 0 Å². The van der Waals surface area contributed by atoms with Crippen LogP contribution in [0.15, 0.2) is 47.6 Å². The Hall–Kier alpha value is -3.65. The SMILES string of the molecule is CN(C(=O)Oc1c(C(C=NCC(O)CN2CCCCC2)=CN)cc(C(F)(F)F)cc1C(F)(F)F)c1ccc(F)cc1. The Kier molecular flexibility index (Phi) is 10.4. The summed E-state index contributed by atoms with van der Waals surface area (Å²) < 4.78 is 101. The van der Waals surface area contributed by atoms with E-state index in [1.54, 1.807) is 0 Å². The van der Waals surface area contributed by atoms with E-state index in [2.05, 4.69) is 4.99 Å². The van der Waals surface area contributed by atoms with E-state index in [-0.39, 0.29) is 18.3 Å². The molecule has 0 radical (unpaired) electrons. The van der Waals surface area contributed by atoms with Crippen molar-refractivity contribution in [3.8, 4) is 5.75 Å². The molecule has 41 heavy (non-hydrogen) atoms. The minimum Gasteiger partial charge on any atom is -0.409 e. The molecule has 1 saturated heterocycles. The number of amides is 1. The van der Waals surface area contributed by atoms with Gasteiger partial charge in [0, 0.05) is 42.8 Å². The maximum Gasteiger partial charge on any atom is 0.420 e. The molecule has 0 aromatic heterocycles. The summed E-state index contributed by atoms with van der Waals surface area (Å²) in [6, 6.07) is 4.50. The molecule has 224 valence electrons. The number of aliphatic hydroxyl groups is 1. The molecule has 0 saturated carbocycles. The van der Waals surface area contributed by atoms with Gasteiger partial charge >= 0.3 is 18.4 Å². The van der Waals surface area contributed by atoms with E-state index in [0.29, 0.717) is 12.6 Å². The number of β-amino-alcohol motifs (C(OH)–C–C–N with tert-alkyl or cyclic N) is 1. The van der Waals surface area contributed by atoms with Crippen molar-refractivity contribution in [1.29, 1.82) is 0 Å². The molecular weight excluding hydrogens is 561 g/mol. The molecule has 2 aromatic carbocycles. The Labute approximate surface area is 231 Å². The molecule has 1 heterocycles. The summed E-state index contributed by atoms with van der Waals surface area (Å²) in [6.45, 7) is 1.67. The Bertz CT molecular complexity index is 1260. The van der Waals surface area contributed by atoms with E-state index in [9.17, 15) is 40.6 Å². The monoisotopic (exact) mass is 590 g/mol. The number of likely N-dealkylation sites (tertiary alicyclic amines) is 1. The highest BCUT2D eigenvalue weighted by atomic mass is 19.4. The van der Waals surface area contributed by atoms with Crippen LogP contribution >= 0.6 is 0 Å². The van der Waals surface area contributed by atoms with Crippen molar-refractivity contribution in [1.82, 2.24) is 4.90 Å². The zero-order valence-corrected chi connectivity index (χ0v) is 22.0. The Morgan fingerprint density at radius 3 is 2.29 bits per heavy atom. The fourth-order valence-corrected chi connectivity index (χ4v) is 4.23. The summed E-state index contributed by atoms with van der Waals surface area (Å²) in [6.07, 6.45) is -8.24. The molecule has 2 aromatic rings. The molecule has 7 nitrogen and oxygen atoms in total. The average molecular weight is 591 g/mol. The summed E-state index contributed by atoms with van der Waals surface area (Å²) in [4.78, 5) is 19.6. The number of rotatable bonds is 8. The molecule has 1 fully saturated rings. The second kappa shape index (κ2) is 13.3. The normalized spacial score (nSPS) is 16.2. The van der Waals surface area contributed by atoms with Crippen LogP contribution in [0.3, 0.4) is 0 Å². The highest BCUT2D eigenvalue weighted by Gasteiger charge is 2.41. The van der Waals surface area contributed by atoms with E-state index in [1.165, 1.54) is 0 Å². The largest absolute Gasteiger partial charge is 0.420 e.